The van der Waals surface area contributed by atoms with E-state index in [4.69, 9.17) is 0 Å². The first-order chi connectivity index (χ1) is 9.99. The zero-order valence-corrected chi connectivity index (χ0v) is 13.9. The molecule has 5 heteroatoms. The van der Waals surface area contributed by atoms with E-state index in [-0.39, 0.29) is 5.41 Å². The minimum absolute atomic E-state index is 0.00578. The first-order valence-corrected chi connectivity index (χ1v) is 8.01. The molecular weight excluding hydrogens is 262 g/mol. The Bertz CT molecular complexity index is 433. The van der Waals surface area contributed by atoms with Gasteiger partial charge in [0.1, 0.15) is 11.6 Å². The van der Waals surface area contributed by atoms with E-state index in [0.717, 1.165) is 24.7 Å². The molecule has 0 radical (unpaired) electrons. The molecule has 0 spiro atoms. The van der Waals surface area contributed by atoms with Gasteiger partial charge in [0.15, 0.2) is 0 Å². The minimum atomic E-state index is -0.00578. The van der Waals surface area contributed by atoms with Gasteiger partial charge >= 0.3 is 0 Å². The highest BCUT2D eigenvalue weighted by atomic mass is 15.3. The van der Waals surface area contributed by atoms with E-state index in [2.05, 4.69) is 52.8 Å². The molecule has 5 nitrogen and oxygen atoms in total. The Morgan fingerprint density at radius 2 is 1.81 bits per heavy atom. The van der Waals surface area contributed by atoms with Crippen LogP contribution in [-0.4, -0.2) is 65.6 Å². The van der Waals surface area contributed by atoms with Crippen LogP contribution in [0.5, 0.6) is 0 Å². The summed E-state index contributed by atoms with van der Waals surface area (Å²) in [6.45, 7) is 16.6. The molecule has 118 valence electrons. The van der Waals surface area contributed by atoms with E-state index < -0.39 is 0 Å². The zero-order chi connectivity index (χ0) is 15.3. The van der Waals surface area contributed by atoms with Gasteiger partial charge in [-0.1, -0.05) is 27.7 Å². The van der Waals surface area contributed by atoms with Crippen LogP contribution >= 0.6 is 0 Å². The molecule has 1 N–H and O–H groups in total. The van der Waals surface area contributed by atoms with E-state index in [1.807, 2.05) is 12.3 Å². The average Bonchev–Trinajstić information content (AvgIpc) is 2.47. The number of nitrogens with one attached hydrogen (secondary N) is 1. The first-order valence-electron chi connectivity index (χ1n) is 8.01. The normalized spacial score (nSPS) is 17.9. The molecule has 0 bridgehead atoms. The molecule has 1 aliphatic rings. The lowest BCUT2D eigenvalue weighted by Gasteiger charge is -2.34. The molecule has 1 aromatic rings. The molecule has 0 saturated carbocycles. The van der Waals surface area contributed by atoms with Gasteiger partial charge in [0, 0.05) is 50.9 Å². The molecule has 2 rings (SSSR count). The molecule has 1 fully saturated rings. The molecule has 1 aromatic heterocycles. The van der Waals surface area contributed by atoms with Crippen LogP contribution < -0.4 is 5.32 Å². The summed E-state index contributed by atoms with van der Waals surface area (Å²) in [5, 5.41) is 3.42. The lowest BCUT2D eigenvalue weighted by atomic mass is 9.96. The number of piperazine rings is 1. The number of anilines is 1. The molecule has 0 unspecified atom stereocenters. The van der Waals surface area contributed by atoms with Crippen LogP contribution in [0.1, 0.15) is 33.5 Å². The third-order valence-electron chi connectivity index (χ3n) is 3.97. The van der Waals surface area contributed by atoms with Crippen molar-refractivity contribution >= 4 is 5.82 Å². The number of rotatable bonds is 5. The predicted molar refractivity (Wildman–Crippen MR) is 87.8 cm³/mol. The van der Waals surface area contributed by atoms with Crippen LogP contribution in [0.2, 0.25) is 0 Å². The smallest absolute Gasteiger partial charge is 0.135 e. The standard InChI is InChI=1S/C16H29N5/c1-5-20-10-12-21(13-11-20)9-8-17-14-6-7-18-15(19-14)16(2,3)4/h6-7H,5,8-13H2,1-4H3,(H,17,18,19). The highest BCUT2D eigenvalue weighted by Crippen LogP contribution is 2.18. The number of likely N-dealkylation sites (N-methyl/N-ethyl adjacent to an activating group) is 1. The highest BCUT2D eigenvalue weighted by Gasteiger charge is 2.17. The lowest BCUT2D eigenvalue weighted by Crippen LogP contribution is -2.47. The van der Waals surface area contributed by atoms with Gasteiger partial charge in [-0.25, -0.2) is 9.97 Å². The number of nitrogens with zero attached hydrogens (tertiary/aromatic N) is 4. The van der Waals surface area contributed by atoms with Crippen molar-refractivity contribution in [1.29, 1.82) is 0 Å². The maximum Gasteiger partial charge on any atom is 0.135 e. The maximum absolute atomic E-state index is 4.60. The summed E-state index contributed by atoms with van der Waals surface area (Å²) in [7, 11) is 0. The van der Waals surface area contributed by atoms with Crippen LogP contribution in [0.3, 0.4) is 0 Å². The van der Waals surface area contributed by atoms with Gasteiger partial charge in [-0.2, -0.15) is 0 Å². The summed E-state index contributed by atoms with van der Waals surface area (Å²) in [6, 6.07) is 1.95. The largest absolute Gasteiger partial charge is 0.369 e. The Hall–Kier alpha value is -1.20. The highest BCUT2D eigenvalue weighted by molar-refractivity contribution is 5.33. The van der Waals surface area contributed by atoms with Crippen LogP contribution in [0.4, 0.5) is 5.82 Å². The summed E-state index contributed by atoms with van der Waals surface area (Å²) >= 11 is 0. The van der Waals surface area contributed by atoms with E-state index in [0.29, 0.717) is 0 Å². The van der Waals surface area contributed by atoms with Crippen LogP contribution in [-0.2, 0) is 5.41 Å². The summed E-state index contributed by atoms with van der Waals surface area (Å²) in [5.41, 5.74) is -0.00578. The Kier molecular flexibility index (Phi) is 5.53. The molecule has 0 aromatic carbocycles. The Morgan fingerprint density at radius 1 is 1.14 bits per heavy atom. The second-order valence-electron chi connectivity index (χ2n) is 6.72. The number of hydrogen-bond acceptors (Lipinski definition) is 5. The molecule has 0 amide bonds. The SMILES string of the molecule is CCN1CCN(CCNc2ccnc(C(C)(C)C)n2)CC1. The summed E-state index contributed by atoms with van der Waals surface area (Å²) in [5.74, 6) is 1.83. The van der Waals surface area contributed by atoms with Crippen molar-refractivity contribution in [3.63, 3.8) is 0 Å². The molecule has 0 aliphatic carbocycles. The van der Waals surface area contributed by atoms with Crippen molar-refractivity contribution in [2.24, 2.45) is 0 Å². The number of aromatic nitrogens is 2. The summed E-state index contributed by atoms with van der Waals surface area (Å²) in [4.78, 5) is 14.0. The van der Waals surface area contributed by atoms with E-state index >= 15 is 0 Å². The van der Waals surface area contributed by atoms with Crippen molar-refractivity contribution in [1.82, 2.24) is 19.8 Å². The Labute approximate surface area is 128 Å². The second-order valence-corrected chi connectivity index (χ2v) is 6.72. The van der Waals surface area contributed by atoms with Gasteiger partial charge in [-0.3, -0.25) is 4.90 Å². The predicted octanol–water partition coefficient (Wildman–Crippen LogP) is 1.82. The zero-order valence-electron chi connectivity index (χ0n) is 13.9. The fraction of sp³-hybridized carbons (Fsp3) is 0.750. The van der Waals surface area contributed by atoms with Gasteiger partial charge < -0.3 is 10.2 Å². The van der Waals surface area contributed by atoms with Gasteiger partial charge in [0.2, 0.25) is 0 Å². The van der Waals surface area contributed by atoms with Crippen molar-refractivity contribution in [3.8, 4) is 0 Å². The van der Waals surface area contributed by atoms with Crippen LogP contribution in [0, 0.1) is 0 Å². The molecule has 1 aliphatic heterocycles. The van der Waals surface area contributed by atoms with Crippen LogP contribution in [0.15, 0.2) is 12.3 Å². The molecule has 1 saturated heterocycles. The van der Waals surface area contributed by atoms with Crippen molar-refractivity contribution in [2.75, 3.05) is 51.1 Å². The fourth-order valence-corrected chi connectivity index (χ4v) is 2.49. The summed E-state index contributed by atoms with van der Waals surface area (Å²) in [6.07, 6.45) is 1.84. The molecule has 21 heavy (non-hydrogen) atoms. The van der Waals surface area contributed by atoms with Gasteiger partial charge in [-0.05, 0) is 12.6 Å². The Balaban J connectivity index is 1.76. The first kappa shape index (κ1) is 16.2. The van der Waals surface area contributed by atoms with E-state index in [9.17, 15) is 0 Å². The monoisotopic (exact) mass is 291 g/mol. The molecule has 2 heterocycles. The second kappa shape index (κ2) is 7.18. The van der Waals surface area contributed by atoms with Gasteiger partial charge in [-0.15, -0.1) is 0 Å². The van der Waals surface area contributed by atoms with Crippen molar-refractivity contribution < 1.29 is 0 Å². The quantitative estimate of drug-likeness (QED) is 0.896. The lowest BCUT2D eigenvalue weighted by molar-refractivity contribution is 0.141. The van der Waals surface area contributed by atoms with Crippen molar-refractivity contribution in [3.05, 3.63) is 18.1 Å². The molecular formula is C16H29N5. The van der Waals surface area contributed by atoms with E-state index in [1.54, 1.807) is 0 Å². The third kappa shape index (κ3) is 4.93. The topological polar surface area (TPSA) is 44.3 Å². The average molecular weight is 291 g/mol. The third-order valence-corrected chi connectivity index (χ3v) is 3.97. The fourth-order valence-electron chi connectivity index (χ4n) is 2.49. The molecule has 0 atom stereocenters. The van der Waals surface area contributed by atoms with Crippen molar-refractivity contribution in [2.45, 2.75) is 33.1 Å². The van der Waals surface area contributed by atoms with Gasteiger partial charge in [0.05, 0.1) is 0 Å². The maximum atomic E-state index is 4.60. The Morgan fingerprint density at radius 3 is 2.43 bits per heavy atom. The van der Waals surface area contributed by atoms with Crippen LogP contribution in [0.25, 0.3) is 0 Å². The van der Waals surface area contributed by atoms with Gasteiger partial charge in [0.25, 0.3) is 0 Å². The van der Waals surface area contributed by atoms with E-state index in [1.165, 1.54) is 32.7 Å². The summed E-state index contributed by atoms with van der Waals surface area (Å²) < 4.78 is 0. The number of hydrogen-bond donors (Lipinski definition) is 1. The minimum Gasteiger partial charge on any atom is -0.369 e.